The van der Waals surface area contributed by atoms with Crippen LogP contribution >= 0.6 is 0 Å². The van der Waals surface area contributed by atoms with Crippen molar-refractivity contribution in [1.29, 1.82) is 0 Å². The van der Waals surface area contributed by atoms with Gasteiger partial charge in [0.2, 0.25) is 0 Å². The SMILES string of the molecule is C=C[C@@](C)(N)c1cc(C)ccc1C. The highest BCUT2D eigenvalue weighted by Gasteiger charge is 2.18. The Kier molecular flexibility index (Phi) is 2.58. The fourth-order valence-corrected chi connectivity index (χ4v) is 1.43. The fraction of sp³-hybridized carbons (Fsp3) is 0.333. The number of benzene rings is 1. The van der Waals surface area contributed by atoms with Crippen LogP contribution in [0.3, 0.4) is 0 Å². The number of hydrogen-bond acceptors (Lipinski definition) is 1. The van der Waals surface area contributed by atoms with Crippen molar-refractivity contribution in [2.45, 2.75) is 26.3 Å². The van der Waals surface area contributed by atoms with Crippen LogP contribution in [0, 0.1) is 13.8 Å². The molecule has 0 spiro atoms. The topological polar surface area (TPSA) is 26.0 Å². The lowest BCUT2D eigenvalue weighted by Crippen LogP contribution is -2.31. The Morgan fingerprint density at radius 2 is 2.00 bits per heavy atom. The molecule has 0 aliphatic carbocycles. The van der Waals surface area contributed by atoms with E-state index < -0.39 is 5.54 Å². The molecule has 1 atom stereocenters. The lowest BCUT2D eigenvalue weighted by Gasteiger charge is -2.23. The number of aryl methyl sites for hydroxylation is 2. The van der Waals surface area contributed by atoms with E-state index in [1.54, 1.807) is 6.08 Å². The maximum Gasteiger partial charge on any atom is 0.0566 e. The summed E-state index contributed by atoms with van der Waals surface area (Å²) in [6.07, 6.45) is 1.79. The first kappa shape index (κ1) is 10.0. The normalized spacial score (nSPS) is 15.1. The standard InChI is InChI=1S/C12H17N/c1-5-12(4,13)11-8-9(2)6-7-10(11)3/h5-8H,1,13H2,2-4H3/t12-/m1/s1. The van der Waals surface area contributed by atoms with Crippen molar-refractivity contribution in [3.05, 3.63) is 47.5 Å². The second kappa shape index (κ2) is 3.35. The van der Waals surface area contributed by atoms with Crippen LogP contribution in [0.2, 0.25) is 0 Å². The fourth-order valence-electron chi connectivity index (χ4n) is 1.43. The molecule has 0 aromatic heterocycles. The molecule has 1 aromatic carbocycles. The second-order valence-corrected chi connectivity index (χ2v) is 3.81. The molecule has 0 unspecified atom stereocenters. The molecule has 2 N–H and O–H groups in total. The molecule has 1 nitrogen and oxygen atoms in total. The van der Waals surface area contributed by atoms with Gasteiger partial charge in [0.25, 0.3) is 0 Å². The van der Waals surface area contributed by atoms with Gasteiger partial charge in [-0.25, -0.2) is 0 Å². The minimum atomic E-state index is -0.421. The van der Waals surface area contributed by atoms with Gasteiger partial charge >= 0.3 is 0 Å². The summed E-state index contributed by atoms with van der Waals surface area (Å²) in [5.41, 5.74) is 9.28. The van der Waals surface area contributed by atoms with Gasteiger partial charge in [-0.1, -0.05) is 29.8 Å². The summed E-state index contributed by atoms with van der Waals surface area (Å²) >= 11 is 0. The van der Waals surface area contributed by atoms with E-state index in [2.05, 4.69) is 38.6 Å². The Bertz CT molecular complexity index is 324. The van der Waals surface area contributed by atoms with E-state index in [1.807, 2.05) is 6.92 Å². The first-order chi connectivity index (χ1) is 5.97. The van der Waals surface area contributed by atoms with E-state index in [0.29, 0.717) is 0 Å². The van der Waals surface area contributed by atoms with Crippen LogP contribution in [0.4, 0.5) is 0 Å². The van der Waals surface area contributed by atoms with Crippen LogP contribution in [0.1, 0.15) is 23.6 Å². The van der Waals surface area contributed by atoms with Crippen LogP contribution in [0.15, 0.2) is 30.9 Å². The Balaban J connectivity index is 3.28. The van der Waals surface area contributed by atoms with Crippen molar-refractivity contribution in [1.82, 2.24) is 0 Å². The van der Waals surface area contributed by atoms with Crippen LogP contribution in [-0.4, -0.2) is 0 Å². The summed E-state index contributed by atoms with van der Waals surface area (Å²) in [7, 11) is 0. The van der Waals surface area contributed by atoms with E-state index in [4.69, 9.17) is 5.73 Å². The molecule has 0 radical (unpaired) electrons. The molecule has 1 aromatic rings. The van der Waals surface area contributed by atoms with Gasteiger partial charge in [0.1, 0.15) is 0 Å². The molecule has 70 valence electrons. The molecule has 0 saturated carbocycles. The average molecular weight is 175 g/mol. The van der Waals surface area contributed by atoms with Crippen molar-refractivity contribution in [2.24, 2.45) is 5.73 Å². The number of hydrogen-bond donors (Lipinski definition) is 1. The van der Waals surface area contributed by atoms with Crippen LogP contribution in [0.5, 0.6) is 0 Å². The van der Waals surface area contributed by atoms with Crippen LogP contribution < -0.4 is 5.73 Å². The summed E-state index contributed by atoms with van der Waals surface area (Å²) < 4.78 is 0. The first-order valence-electron chi connectivity index (χ1n) is 4.47. The van der Waals surface area contributed by atoms with Gasteiger partial charge in [0, 0.05) is 0 Å². The molecule has 13 heavy (non-hydrogen) atoms. The van der Waals surface area contributed by atoms with Crippen LogP contribution in [-0.2, 0) is 5.54 Å². The van der Waals surface area contributed by atoms with Gasteiger partial charge in [-0.3, -0.25) is 0 Å². The summed E-state index contributed by atoms with van der Waals surface area (Å²) in [4.78, 5) is 0. The van der Waals surface area contributed by atoms with E-state index in [9.17, 15) is 0 Å². The summed E-state index contributed by atoms with van der Waals surface area (Å²) in [6.45, 7) is 9.87. The zero-order valence-corrected chi connectivity index (χ0v) is 8.59. The Hall–Kier alpha value is -1.08. The van der Waals surface area contributed by atoms with Crippen molar-refractivity contribution in [2.75, 3.05) is 0 Å². The highest BCUT2D eigenvalue weighted by Crippen LogP contribution is 2.23. The first-order valence-corrected chi connectivity index (χ1v) is 4.47. The molecule has 0 bridgehead atoms. The molecule has 0 fully saturated rings. The number of rotatable bonds is 2. The van der Waals surface area contributed by atoms with Gasteiger partial charge in [-0.2, -0.15) is 0 Å². The lowest BCUT2D eigenvalue weighted by molar-refractivity contribution is 0.626. The van der Waals surface area contributed by atoms with E-state index >= 15 is 0 Å². The molecule has 1 rings (SSSR count). The predicted molar refractivity (Wildman–Crippen MR) is 57.7 cm³/mol. The highest BCUT2D eigenvalue weighted by molar-refractivity contribution is 5.37. The molecule has 0 aliphatic rings. The molecular formula is C12H17N. The smallest absolute Gasteiger partial charge is 0.0566 e. The van der Waals surface area contributed by atoms with Gasteiger partial charge in [0.05, 0.1) is 5.54 Å². The average Bonchev–Trinajstić information content (AvgIpc) is 2.09. The molecule has 1 heteroatoms. The predicted octanol–water partition coefficient (Wildman–Crippen LogP) is 2.66. The van der Waals surface area contributed by atoms with Crippen LogP contribution in [0.25, 0.3) is 0 Å². The quantitative estimate of drug-likeness (QED) is 0.687. The third-order valence-electron chi connectivity index (χ3n) is 2.40. The monoisotopic (exact) mass is 175 g/mol. The minimum Gasteiger partial charge on any atom is -0.318 e. The molecule has 0 heterocycles. The van der Waals surface area contributed by atoms with Crippen molar-refractivity contribution >= 4 is 0 Å². The molecule has 0 aliphatic heterocycles. The van der Waals surface area contributed by atoms with Crippen molar-refractivity contribution in [3.63, 3.8) is 0 Å². The Morgan fingerprint density at radius 1 is 1.38 bits per heavy atom. The Labute approximate surface area is 80.3 Å². The van der Waals surface area contributed by atoms with E-state index in [0.717, 1.165) is 5.56 Å². The maximum absolute atomic E-state index is 6.09. The van der Waals surface area contributed by atoms with Crippen molar-refractivity contribution < 1.29 is 0 Å². The summed E-state index contributed by atoms with van der Waals surface area (Å²) in [5, 5.41) is 0. The zero-order chi connectivity index (χ0) is 10.1. The summed E-state index contributed by atoms with van der Waals surface area (Å²) in [6, 6.07) is 6.31. The van der Waals surface area contributed by atoms with E-state index in [-0.39, 0.29) is 0 Å². The van der Waals surface area contributed by atoms with Gasteiger partial charge in [-0.15, -0.1) is 6.58 Å². The minimum absolute atomic E-state index is 0.421. The highest BCUT2D eigenvalue weighted by atomic mass is 14.7. The Morgan fingerprint density at radius 3 is 2.54 bits per heavy atom. The molecule has 0 saturated heterocycles. The molecular weight excluding hydrogens is 158 g/mol. The summed E-state index contributed by atoms with van der Waals surface area (Å²) in [5.74, 6) is 0. The largest absolute Gasteiger partial charge is 0.318 e. The third-order valence-corrected chi connectivity index (χ3v) is 2.40. The van der Waals surface area contributed by atoms with Gasteiger partial charge < -0.3 is 5.73 Å². The maximum atomic E-state index is 6.09. The lowest BCUT2D eigenvalue weighted by atomic mass is 9.89. The second-order valence-electron chi connectivity index (χ2n) is 3.81. The van der Waals surface area contributed by atoms with Crippen molar-refractivity contribution in [3.8, 4) is 0 Å². The van der Waals surface area contributed by atoms with Gasteiger partial charge in [-0.05, 0) is 31.9 Å². The van der Waals surface area contributed by atoms with E-state index in [1.165, 1.54) is 11.1 Å². The number of nitrogens with two attached hydrogens (primary N) is 1. The van der Waals surface area contributed by atoms with Gasteiger partial charge in [0.15, 0.2) is 0 Å². The molecule has 0 amide bonds. The third kappa shape index (κ3) is 1.99. The zero-order valence-electron chi connectivity index (χ0n) is 8.59.